The summed E-state index contributed by atoms with van der Waals surface area (Å²) in [6.45, 7) is 3.90. The largest absolute Gasteiger partial charge is 0.480 e. The molecule has 1 aliphatic heterocycles. The Morgan fingerprint density at radius 2 is 1.83 bits per heavy atom. The van der Waals surface area contributed by atoms with Gasteiger partial charge in [0.1, 0.15) is 6.54 Å². The van der Waals surface area contributed by atoms with E-state index >= 15 is 0 Å². The van der Waals surface area contributed by atoms with Crippen LogP contribution in [-0.4, -0.2) is 54.3 Å². The SMILES string of the molecule is C=CCN(CC(=O)O)S(=O)(=O)N1CCCCCC1. The molecule has 0 atom stereocenters. The minimum atomic E-state index is -3.69. The third-order valence-corrected chi connectivity index (χ3v) is 4.81. The van der Waals surface area contributed by atoms with Crippen LogP contribution in [0, 0.1) is 0 Å². The lowest BCUT2D eigenvalue weighted by Crippen LogP contribution is -2.46. The number of rotatable bonds is 6. The molecular weight excluding hydrogens is 256 g/mol. The van der Waals surface area contributed by atoms with Crippen LogP contribution in [0.15, 0.2) is 12.7 Å². The Labute approximate surface area is 108 Å². The predicted molar refractivity (Wildman–Crippen MR) is 68.4 cm³/mol. The van der Waals surface area contributed by atoms with Gasteiger partial charge in [-0.25, -0.2) is 0 Å². The summed E-state index contributed by atoms with van der Waals surface area (Å²) in [6.07, 6.45) is 5.10. The van der Waals surface area contributed by atoms with E-state index in [1.807, 2.05) is 0 Å². The number of carbonyl (C=O) groups is 1. The van der Waals surface area contributed by atoms with Crippen LogP contribution in [0.25, 0.3) is 0 Å². The second kappa shape index (κ2) is 6.86. The Kier molecular flexibility index (Phi) is 5.77. The summed E-state index contributed by atoms with van der Waals surface area (Å²) in [4.78, 5) is 10.7. The number of carboxylic acid groups (broad SMARTS) is 1. The number of hydrogen-bond donors (Lipinski definition) is 1. The van der Waals surface area contributed by atoms with Crippen molar-refractivity contribution in [3.05, 3.63) is 12.7 Å². The minimum Gasteiger partial charge on any atom is -0.480 e. The van der Waals surface area contributed by atoms with E-state index in [4.69, 9.17) is 5.11 Å². The van der Waals surface area contributed by atoms with E-state index in [0.717, 1.165) is 30.0 Å². The zero-order valence-electron chi connectivity index (χ0n) is 10.4. The van der Waals surface area contributed by atoms with Gasteiger partial charge in [0.2, 0.25) is 0 Å². The summed E-state index contributed by atoms with van der Waals surface area (Å²) >= 11 is 0. The van der Waals surface area contributed by atoms with Gasteiger partial charge in [-0.2, -0.15) is 17.0 Å². The van der Waals surface area contributed by atoms with Crippen LogP contribution in [0.2, 0.25) is 0 Å². The number of hydrogen-bond acceptors (Lipinski definition) is 3. The lowest BCUT2D eigenvalue weighted by molar-refractivity contribution is -0.137. The van der Waals surface area contributed by atoms with Crippen molar-refractivity contribution in [2.45, 2.75) is 25.7 Å². The lowest BCUT2D eigenvalue weighted by atomic mass is 10.2. The van der Waals surface area contributed by atoms with Gasteiger partial charge < -0.3 is 5.11 Å². The van der Waals surface area contributed by atoms with E-state index in [2.05, 4.69) is 6.58 Å². The number of nitrogens with zero attached hydrogens (tertiary/aromatic N) is 2. The van der Waals surface area contributed by atoms with Crippen LogP contribution in [0.4, 0.5) is 0 Å². The first-order chi connectivity index (χ1) is 8.48. The quantitative estimate of drug-likeness (QED) is 0.724. The van der Waals surface area contributed by atoms with Gasteiger partial charge in [0.15, 0.2) is 0 Å². The number of carboxylic acids is 1. The minimum absolute atomic E-state index is 0.0190. The molecule has 18 heavy (non-hydrogen) atoms. The summed E-state index contributed by atoms with van der Waals surface area (Å²) < 4.78 is 26.9. The molecule has 1 N–H and O–H groups in total. The Balaban J connectivity index is 2.84. The van der Waals surface area contributed by atoms with Gasteiger partial charge in [-0.05, 0) is 12.8 Å². The highest BCUT2D eigenvalue weighted by atomic mass is 32.2. The summed E-state index contributed by atoms with van der Waals surface area (Å²) in [6, 6.07) is 0. The molecule has 0 aromatic carbocycles. The van der Waals surface area contributed by atoms with Gasteiger partial charge in [0.25, 0.3) is 10.2 Å². The van der Waals surface area contributed by atoms with Gasteiger partial charge >= 0.3 is 5.97 Å². The molecule has 0 radical (unpaired) electrons. The van der Waals surface area contributed by atoms with E-state index < -0.39 is 22.7 Å². The molecule has 6 nitrogen and oxygen atoms in total. The third kappa shape index (κ3) is 4.08. The number of aliphatic carboxylic acids is 1. The maximum Gasteiger partial charge on any atom is 0.318 e. The average molecular weight is 276 g/mol. The Bertz CT molecular complexity index is 386. The first-order valence-electron chi connectivity index (χ1n) is 6.06. The van der Waals surface area contributed by atoms with Crippen molar-refractivity contribution in [3.63, 3.8) is 0 Å². The third-order valence-electron chi connectivity index (χ3n) is 2.86. The van der Waals surface area contributed by atoms with Crippen LogP contribution >= 0.6 is 0 Å². The summed E-state index contributed by atoms with van der Waals surface area (Å²) in [5.41, 5.74) is 0. The molecule has 1 heterocycles. The van der Waals surface area contributed by atoms with Crippen LogP contribution in [0.5, 0.6) is 0 Å². The fraction of sp³-hybridized carbons (Fsp3) is 0.727. The van der Waals surface area contributed by atoms with Crippen LogP contribution in [0.3, 0.4) is 0 Å². The standard InChI is InChI=1S/C11H20N2O4S/c1-2-7-13(10-11(14)15)18(16,17)12-8-5-3-4-6-9-12/h2H,1,3-10H2,(H,14,15). The van der Waals surface area contributed by atoms with E-state index in [0.29, 0.717) is 13.1 Å². The molecule has 0 unspecified atom stereocenters. The molecule has 1 fully saturated rings. The zero-order valence-corrected chi connectivity index (χ0v) is 11.2. The van der Waals surface area contributed by atoms with Crippen LogP contribution in [-0.2, 0) is 15.0 Å². The van der Waals surface area contributed by atoms with Gasteiger partial charge in [0.05, 0.1) is 0 Å². The van der Waals surface area contributed by atoms with Crippen LogP contribution in [0.1, 0.15) is 25.7 Å². The smallest absolute Gasteiger partial charge is 0.318 e. The van der Waals surface area contributed by atoms with E-state index in [-0.39, 0.29) is 6.54 Å². The van der Waals surface area contributed by atoms with Crippen molar-refractivity contribution >= 4 is 16.2 Å². The van der Waals surface area contributed by atoms with Crippen molar-refractivity contribution in [1.29, 1.82) is 0 Å². The molecule has 104 valence electrons. The van der Waals surface area contributed by atoms with Crippen molar-refractivity contribution in [2.75, 3.05) is 26.2 Å². The summed E-state index contributed by atoms with van der Waals surface area (Å²) in [5, 5.41) is 8.77. The second-order valence-corrected chi connectivity index (χ2v) is 6.22. The maximum atomic E-state index is 12.3. The molecule has 1 aliphatic rings. The summed E-state index contributed by atoms with van der Waals surface area (Å²) in [5.74, 6) is -1.16. The molecule has 0 aromatic heterocycles. The molecule has 0 aromatic rings. The first kappa shape index (κ1) is 15.1. The molecule has 7 heteroatoms. The fourth-order valence-corrected chi connectivity index (χ4v) is 3.58. The van der Waals surface area contributed by atoms with Crippen molar-refractivity contribution in [1.82, 2.24) is 8.61 Å². The monoisotopic (exact) mass is 276 g/mol. The van der Waals surface area contributed by atoms with Gasteiger partial charge in [-0.15, -0.1) is 6.58 Å². The van der Waals surface area contributed by atoms with Gasteiger partial charge in [-0.3, -0.25) is 4.79 Å². The molecule has 1 saturated heterocycles. The van der Waals surface area contributed by atoms with E-state index in [1.165, 1.54) is 10.4 Å². The zero-order chi connectivity index (χ0) is 13.6. The molecule has 0 amide bonds. The highest BCUT2D eigenvalue weighted by Crippen LogP contribution is 2.16. The lowest BCUT2D eigenvalue weighted by Gasteiger charge is -2.27. The highest BCUT2D eigenvalue weighted by Gasteiger charge is 2.30. The molecule has 0 saturated carbocycles. The highest BCUT2D eigenvalue weighted by molar-refractivity contribution is 7.86. The van der Waals surface area contributed by atoms with Gasteiger partial charge in [0, 0.05) is 19.6 Å². The predicted octanol–water partition coefficient (Wildman–Crippen LogP) is 0.680. The van der Waals surface area contributed by atoms with Crippen LogP contribution < -0.4 is 0 Å². The van der Waals surface area contributed by atoms with Gasteiger partial charge in [-0.1, -0.05) is 18.9 Å². The van der Waals surface area contributed by atoms with E-state index in [1.54, 1.807) is 0 Å². The molecule has 0 spiro atoms. The molecule has 1 rings (SSSR count). The first-order valence-corrected chi connectivity index (χ1v) is 7.46. The van der Waals surface area contributed by atoms with Crippen molar-refractivity contribution in [3.8, 4) is 0 Å². The fourth-order valence-electron chi connectivity index (χ4n) is 1.97. The topological polar surface area (TPSA) is 77.9 Å². The van der Waals surface area contributed by atoms with E-state index in [9.17, 15) is 13.2 Å². The Morgan fingerprint density at radius 3 is 2.28 bits per heavy atom. The Morgan fingerprint density at radius 1 is 1.28 bits per heavy atom. The van der Waals surface area contributed by atoms with Crippen molar-refractivity contribution < 1.29 is 18.3 Å². The average Bonchev–Trinajstić information content (AvgIpc) is 2.56. The molecule has 0 bridgehead atoms. The Hall–Kier alpha value is -0.920. The molecular formula is C11H20N2O4S. The van der Waals surface area contributed by atoms with Crippen molar-refractivity contribution in [2.24, 2.45) is 0 Å². The second-order valence-electron chi connectivity index (χ2n) is 4.30. The summed E-state index contributed by atoms with van der Waals surface area (Å²) in [7, 11) is -3.69. The molecule has 0 aliphatic carbocycles. The normalized spacial score (nSPS) is 18.5. The maximum absolute atomic E-state index is 12.3.